The summed E-state index contributed by atoms with van der Waals surface area (Å²) in [6.45, 7) is 6.57. The van der Waals surface area contributed by atoms with E-state index in [4.69, 9.17) is 5.73 Å². The lowest BCUT2D eigenvalue weighted by molar-refractivity contribution is -0.145. The molecule has 0 rings (SSSR count). The smallest absolute Gasteiger partial charge is 0.328 e. The van der Waals surface area contributed by atoms with E-state index in [0.717, 1.165) is 6.42 Å². The number of rotatable bonds is 8. The Balaban J connectivity index is 4.22. The summed E-state index contributed by atoms with van der Waals surface area (Å²) >= 11 is 0. The van der Waals surface area contributed by atoms with Crippen molar-refractivity contribution in [3.05, 3.63) is 0 Å². The van der Waals surface area contributed by atoms with Gasteiger partial charge in [0.15, 0.2) is 0 Å². The predicted octanol–water partition coefficient (Wildman–Crippen LogP) is 1.07. The molecule has 0 saturated heterocycles. The van der Waals surface area contributed by atoms with Crippen LogP contribution in [0.2, 0.25) is 0 Å². The SMILES string of the molecule is COC(=O)C(CC(C)C)NC(=O)CCC(C)CN. The van der Waals surface area contributed by atoms with Crippen molar-refractivity contribution >= 4 is 11.9 Å². The van der Waals surface area contributed by atoms with E-state index in [9.17, 15) is 9.59 Å². The second-order valence-electron chi connectivity index (χ2n) is 5.15. The first-order chi connectivity index (χ1) is 8.40. The molecule has 0 aliphatic heterocycles. The Bertz CT molecular complexity index is 267. The van der Waals surface area contributed by atoms with Crippen LogP contribution in [0.1, 0.15) is 40.0 Å². The van der Waals surface area contributed by atoms with Crippen molar-refractivity contribution in [2.75, 3.05) is 13.7 Å². The third-order valence-electron chi connectivity index (χ3n) is 2.79. The van der Waals surface area contributed by atoms with E-state index in [1.54, 1.807) is 0 Å². The first-order valence-electron chi connectivity index (χ1n) is 6.47. The van der Waals surface area contributed by atoms with Gasteiger partial charge in [-0.2, -0.15) is 0 Å². The molecular formula is C13H26N2O3. The summed E-state index contributed by atoms with van der Waals surface area (Å²) in [4.78, 5) is 23.2. The van der Waals surface area contributed by atoms with E-state index in [1.807, 2.05) is 20.8 Å². The number of methoxy groups -OCH3 is 1. The highest BCUT2D eigenvalue weighted by Crippen LogP contribution is 2.08. The minimum Gasteiger partial charge on any atom is -0.467 e. The largest absolute Gasteiger partial charge is 0.467 e. The van der Waals surface area contributed by atoms with E-state index in [2.05, 4.69) is 10.1 Å². The van der Waals surface area contributed by atoms with E-state index >= 15 is 0 Å². The van der Waals surface area contributed by atoms with Gasteiger partial charge in [0.25, 0.3) is 0 Å². The lowest BCUT2D eigenvalue weighted by Crippen LogP contribution is -2.42. The van der Waals surface area contributed by atoms with Crippen molar-refractivity contribution in [2.45, 2.75) is 46.1 Å². The van der Waals surface area contributed by atoms with Gasteiger partial charge < -0.3 is 15.8 Å². The van der Waals surface area contributed by atoms with Crippen molar-refractivity contribution in [1.29, 1.82) is 0 Å². The number of hydrogen-bond acceptors (Lipinski definition) is 4. The number of carbonyl (C=O) groups excluding carboxylic acids is 2. The van der Waals surface area contributed by atoms with Crippen LogP contribution >= 0.6 is 0 Å². The van der Waals surface area contributed by atoms with Crippen LogP contribution in [0.25, 0.3) is 0 Å². The minimum atomic E-state index is -0.546. The average Bonchev–Trinajstić information content (AvgIpc) is 2.33. The van der Waals surface area contributed by atoms with Gasteiger partial charge in [-0.25, -0.2) is 4.79 Å². The van der Waals surface area contributed by atoms with Gasteiger partial charge >= 0.3 is 5.97 Å². The summed E-state index contributed by atoms with van der Waals surface area (Å²) in [7, 11) is 1.33. The van der Waals surface area contributed by atoms with E-state index in [-0.39, 0.29) is 11.9 Å². The maximum Gasteiger partial charge on any atom is 0.328 e. The van der Waals surface area contributed by atoms with Crippen molar-refractivity contribution < 1.29 is 14.3 Å². The Morgan fingerprint density at radius 2 is 1.89 bits per heavy atom. The van der Waals surface area contributed by atoms with Crippen LogP contribution in [0.5, 0.6) is 0 Å². The van der Waals surface area contributed by atoms with Crippen LogP contribution < -0.4 is 11.1 Å². The molecule has 0 spiro atoms. The van der Waals surface area contributed by atoms with Gasteiger partial charge in [0, 0.05) is 6.42 Å². The molecule has 0 fully saturated rings. The summed E-state index contributed by atoms with van der Waals surface area (Å²) in [5.74, 6) is 0.130. The zero-order valence-corrected chi connectivity index (χ0v) is 11.9. The number of esters is 1. The van der Waals surface area contributed by atoms with Crippen molar-refractivity contribution in [3.8, 4) is 0 Å². The van der Waals surface area contributed by atoms with Crippen molar-refractivity contribution in [2.24, 2.45) is 17.6 Å². The summed E-state index contributed by atoms with van der Waals surface area (Å²) in [5, 5.41) is 2.72. The van der Waals surface area contributed by atoms with Gasteiger partial charge in [-0.15, -0.1) is 0 Å². The van der Waals surface area contributed by atoms with Crippen molar-refractivity contribution in [1.82, 2.24) is 5.32 Å². The van der Waals surface area contributed by atoms with E-state index in [0.29, 0.717) is 31.2 Å². The lowest BCUT2D eigenvalue weighted by Gasteiger charge is -2.18. The molecular weight excluding hydrogens is 232 g/mol. The summed E-state index contributed by atoms with van der Waals surface area (Å²) in [6.07, 6.45) is 1.71. The van der Waals surface area contributed by atoms with Crippen molar-refractivity contribution in [3.63, 3.8) is 0 Å². The molecule has 18 heavy (non-hydrogen) atoms. The minimum absolute atomic E-state index is 0.119. The fourth-order valence-electron chi connectivity index (χ4n) is 1.59. The molecule has 0 saturated carbocycles. The summed E-state index contributed by atoms with van der Waals surface area (Å²) in [6, 6.07) is -0.546. The summed E-state index contributed by atoms with van der Waals surface area (Å²) in [5.41, 5.74) is 5.49. The number of hydrogen-bond donors (Lipinski definition) is 2. The molecule has 106 valence electrons. The molecule has 5 nitrogen and oxygen atoms in total. The molecule has 0 aromatic heterocycles. The fraction of sp³-hybridized carbons (Fsp3) is 0.846. The average molecular weight is 258 g/mol. The zero-order valence-electron chi connectivity index (χ0n) is 11.9. The van der Waals surface area contributed by atoms with Crippen LogP contribution in [0.3, 0.4) is 0 Å². The Morgan fingerprint density at radius 3 is 2.33 bits per heavy atom. The maximum absolute atomic E-state index is 11.7. The highest BCUT2D eigenvalue weighted by atomic mass is 16.5. The molecule has 3 N–H and O–H groups in total. The lowest BCUT2D eigenvalue weighted by atomic mass is 10.0. The van der Waals surface area contributed by atoms with Gasteiger partial charge in [-0.3, -0.25) is 4.79 Å². The highest BCUT2D eigenvalue weighted by molar-refractivity contribution is 5.84. The molecule has 0 aliphatic carbocycles. The standard InChI is InChI=1S/C13H26N2O3/c1-9(2)7-11(13(17)18-4)15-12(16)6-5-10(3)8-14/h9-11H,5-8,14H2,1-4H3,(H,15,16). The second kappa shape index (κ2) is 8.91. The number of carbonyl (C=O) groups is 2. The van der Waals surface area contributed by atoms with Gasteiger partial charge in [0.2, 0.25) is 5.91 Å². The summed E-state index contributed by atoms with van der Waals surface area (Å²) < 4.78 is 4.69. The number of amides is 1. The fourth-order valence-corrected chi connectivity index (χ4v) is 1.59. The Labute approximate surface area is 109 Å². The molecule has 2 unspecified atom stereocenters. The first kappa shape index (κ1) is 16.9. The van der Waals surface area contributed by atoms with E-state index < -0.39 is 6.04 Å². The topological polar surface area (TPSA) is 81.4 Å². The van der Waals surface area contributed by atoms with Crippen LogP contribution in [-0.2, 0) is 14.3 Å². The Kier molecular flexibility index (Phi) is 8.37. The molecule has 0 aromatic carbocycles. The second-order valence-corrected chi connectivity index (χ2v) is 5.15. The third-order valence-corrected chi connectivity index (χ3v) is 2.79. The normalized spacial score (nSPS) is 14.1. The zero-order chi connectivity index (χ0) is 14.1. The predicted molar refractivity (Wildman–Crippen MR) is 70.9 cm³/mol. The molecule has 0 aromatic rings. The van der Waals surface area contributed by atoms with E-state index in [1.165, 1.54) is 7.11 Å². The molecule has 0 bridgehead atoms. The molecule has 1 amide bonds. The first-order valence-corrected chi connectivity index (χ1v) is 6.47. The number of nitrogens with one attached hydrogen (secondary N) is 1. The van der Waals surface area contributed by atoms with Crippen LogP contribution in [-0.4, -0.2) is 31.6 Å². The quantitative estimate of drug-likeness (QED) is 0.638. The van der Waals surface area contributed by atoms with Gasteiger partial charge in [0.05, 0.1) is 7.11 Å². The third kappa shape index (κ3) is 7.27. The van der Waals surface area contributed by atoms with Crippen LogP contribution in [0.15, 0.2) is 0 Å². The number of ether oxygens (including phenoxy) is 1. The van der Waals surface area contributed by atoms with Gasteiger partial charge in [0.1, 0.15) is 6.04 Å². The molecule has 0 heterocycles. The Hall–Kier alpha value is -1.10. The highest BCUT2D eigenvalue weighted by Gasteiger charge is 2.22. The van der Waals surface area contributed by atoms with Crippen LogP contribution in [0.4, 0.5) is 0 Å². The molecule has 2 atom stereocenters. The van der Waals surface area contributed by atoms with Crippen LogP contribution in [0, 0.1) is 11.8 Å². The van der Waals surface area contributed by atoms with Gasteiger partial charge in [-0.05, 0) is 31.2 Å². The maximum atomic E-state index is 11.7. The Morgan fingerprint density at radius 1 is 1.28 bits per heavy atom. The molecule has 0 aliphatic rings. The molecule has 0 radical (unpaired) electrons. The number of nitrogens with two attached hydrogens (primary N) is 1. The van der Waals surface area contributed by atoms with Gasteiger partial charge in [-0.1, -0.05) is 20.8 Å². The monoisotopic (exact) mass is 258 g/mol. The molecule has 5 heteroatoms.